The van der Waals surface area contributed by atoms with Gasteiger partial charge in [-0.3, -0.25) is 9.69 Å². The number of nitrogen functional groups attached to an aromatic ring is 1. The summed E-state index contributed by atoms with van der Waals surface area (Å²) < 4.78 is 0. The highest BCUT2D eigenvalue weighted by Crippen LogP contribution is 2.30. The summed E-state index contributed by atoms with van der Waals surface area (Å²) in [4.78, 5) is 17.4. The average Bonchev–Trinajstić information content (AvgIpc) is 3.47. The topological polar surface area (TPSA) is 61.6 Å². The second-order valence-corrected chi connectivity index (χ2v) is 7.32. The maximum absolute atomic E-state index is 12.5. The van der Waals surface area contributed by atoms with Crippen LogP contribution in [0.15, 0.2) is 48.5 Å². The van der Waals surface area contributed by atoms with E-state index in [-0.39, 0.29) is 43.1 Å². The number of amides is 1. The fourth-order valence-corrected chi connectivity index (χ4v) is 3.54. The number of rotatable bonds is 5. The second kappa shape index (κ2) is 11.5. The highest BCUT2D eigenvalue weighted by atomic mass is 35.5. The number of benzene rings is 2. The number of anilines is 3. The first kappa shape index (κ1) is 25.4. The van der Waals surface area contributed by atoms with Crippen molar-refractivity contribution in [2.45, 2.75) is 12.8 Å². The van der Waals surface area contributed by atoms with Gasteiger partial charge in [0, 0.05) is 49.8 Å². The van der Waals surface area contributed by atoms with Crippen molar-refractivity contribution in [2.75, 3.05) is 48.7 Å². The minimum Gasteiger partial charge on any atom is -0.398 e. The Morgan fingerprint density at radius 1 is 0.966 bits per heavy atom. The van der Waals surface area contributed by atoms with E-state index >= 15 is 0 Å². The zero-order valence-corrected chi connectivity index (χ0v) is 18.7. The molecule has 1 aliphatic carbocycles. The number of nitrogens with two attached hydrogens (primary N) is 1. The molecular weight excluding hydrogens is 431 g/mol. The number of carbonyl (C=O) groups is 1. The molecule has 2 aromatic rings. The molecule has 3 N–H and O–H groups in total. The normalized spacial score (nSPS) is 16.1. The van der Waals surface area contributed by atoms with Crippen molar-refractivity contribution < 1.29 is 4.79 Å². The number of hydrogen-bond donors (Lipinski definition) is 2. The number of carbonyl (C=O) groups excluding carboxylic acids is 1. The Hall–Kier alpha value is -1.66. The summed E-state index contributed by atoms with van der Waals surface area (Å²) in [5, 5.41) is 2.97. The fourth-order valence-electron chi connectivity index (χ4n) is 3.54. The summed E-state index contributed by atoms with van der Waals surface area (Å²) in [6, 6.07) is 15.2. The lowest BCUT2D eigenvalue weighted by Gasteiger charge is -2.36. The highest BCUT2D eigenvalue weighted by Gasteiger charge is 2.26. The molecule has 4 rings (SSSR count). The fraction of sp³-hybridized carbons (Fsp3) is 0.381. The third kappa shape index (κ3) is 6.68. The lowest BCUT2D eigenvalue weighted by atomic mass is 10.1. The molecule has 2 aromatic carbocycles. The van der Waals surface area contributed by atoms with Gasteiger partial charge in [0.1, 0.15) is 0 Å². The van der Waals surface area contributed by atoms with Crippen LogP contribution in [0.25, 0.3) is 0 Å². The molecule has 2 aliphatic rings. The Kier molecular flexibility index (Phi) is 10.1. The third-order valence-electron chi connectivity index (χ3n) is 5.26. The van der Waals surface area contributed by atoms with E-state index in [1.54, 1.807) is 12.1 Å². The van der Waals surface area contributed by atoms with Crippen LogP contribution in [-0.4, -0.2) is 43.5 Å². The van der Waals surface area contributed by atoms with Crippen molar-refractivity contribution in [1.29, 1.82) is 0 Å². The van der Waals surface area contributed by atoms with Crippen LogP contribution in [0.1, 0.15) is 23.2 Å². The van der Waals surface area contributed by atoms with Crippen LogP contribution in [0.5, 0.6) is 0 Å². The highest BCUT2D eigenvalue weighted by molar-refractivity contribution is 6.07. The maximum atomic E-state index is 12.5. The van der Waals surface area contributed by atoms with E-state index < -0.39 is 0 Å². The number of halogens is 3. The molecule has 2 fully saturated rings. The molecule has 29 heavy (non-hydrogen) atoms. The molecule has 0 spiro atoms. The maximum Gasteiger partial charge on any atom is 0.257 e. The number of nitrogens with one attached hydrogen (secondary N) is 1. The Bertz CT molecular complexity index is 793. The zero-order chi connectivity index (χ0) is 17.9. The summed E-state index contributed by atoms with van der Waals surface area (Å²) >= 11 is 0. The van der Waals surface area contributed by atoms with Crippen LogP contribution in [0.2, 0.25) is 0 Å². The molecule has 1 heterocycles. The van der Waals surface area contributed by atoms with Gasteiger partial charge in [-0.25, -0.2) is 0 Å². The monoisotopic (exact) mass is 458 g/mol. The van der Waals surface area contributed by atoms with Gasteiger partial charge >= 0.3 is 0 Å². The van der Waals surface area contributed by atoms with Crippen LogP contribution in [0.3, 0.4) is 0 Å². The Morgan fingerprint density at radius 2 is 1.66 bits per heavy atom. The van der Waals surface area contributed by atoms with Gasteiger partial charge in [-0.2, -0.15) is 0 Å². The molecule has 1 aliphatic heterocycles. The molecule has 0 atom stereocenters. The Labute approximate surface area is 191 Å². The summed E-state index contributed by atoms with van der Waals surface area (Å²) in [6.45, 7) is 5.58. The minimum atomic E-state index is -0.172. The lowest BCUT2D eigenvalue weighted by Crippen LogP contribution is -2.47. The van der Waals surface area contributed by atoms with Crippen LogP contribution in [0, 0.1) is 5.92 Å². The van der Waals surface area contributed by atoms with Gasteiger partial charge in [-0.05, 0) is 49.1 Å². The standard InChI is InChI=1S/C21H26N4O.3ClH/c22-20-7-2-1-6-19(20)21(26)23-17-4-3-5-18(14-17)25-12-10-24(11-13-25)15-16-8-9-16;;;/h1-7,14,16H,8-13,15,22H2,(H,23,26);3*1H. The van der Waals surface area contributed by atoms with Crippen LogP contribution >= 0.6 is 37.2 Å². The second-order valence-electron chi connectivity index (χ2n) is 7.32. The lowest BCUT2D eigenvalue weighted by molar-refractivity contribution is 0.102. The molecule has 1 saturated heterocycles. The average molecular weight is 460 g/mol. The number of para-hydroxylation sites is 1. The number of hydrogen-bond acceptors (Lipinski definition) is 4. The zero-order valence-electron chi connectivity index (χ0n) is 16.3. The van der Waals surface area contributed by atoms with Gasteiger partial charge in [0.15, 0.2) is 0 Å². The first-order valence-corrected chi connectivity index (χ1v) is 9.42. The Balaban J connectivity index is 0.00000140. The molecule has 5 nitrogen and oxygen atoms in total. The summed E-state index contributed by atoms with van der Waals surface area (Å²) in [6.07, 6.45) is 2.82. The van der Waals surface area contributed by atoms with Gasteiger partial charge in [-0.15, -0.1) is 37.2 Å². The molecule has 0 bridgehead atoms. The molecule has 0 unspecified atom stereocenters. The van der Waals surface area contributed by atoms with Gasteiger partial charge in [0.2, 0.25) is 0 Å². The van der Waals surface area contributed by atoms with Gasteiger partial charge in [0.25, 0.3) is 5.91 Å². The molecular formula is C21H29Cl3N4O. The molecule has 1 amide bonds. The van der Waals surface area contributed by atoms with Crippen molar-refractivity contribution in [3.8, 4) is 0 Å². The minimum absolute atomic E-state index is 0. The summed E-state index contributed by atoms with van der Waals surface area (Å²) in [7, 11) is 0. The Morgan fingerprint density at radius 3 is 2.31 bits per heavy atom. The SMILES string of the molecule is Cl.Cl.Cl.Nc1ccccc1C(=O)Nc1cccc(N2CCN(CC3CC3)CC2)c1. The van der Waals surface area contributed by atoms with Crippen molar-refractivity contribution in [3.63, 3.8) is 0 Å². The van der Waals surface area contributed by atoms with Crippen LogP contribution < -0.4 is 16.0 Å². The van der Waals surface area contributed by atoms with Gasteiger partial charge in [0.05, 0.1) is 5.56 Å². The van der Waals surface area contributed by atoms with Gasteiger partial charge in [-0.1, -0.05) is 18.2 Å². The molecule has 8 heteroatoms. The van der Waals surface area contributed by atoms with E-state index in [1.165, 1.54) is 19.4 Å². The molecule has 1 saturated carbocycles. The summed E-state index contributed by atoms with van der Waals surface area (Å²) in [5.74, 6) is 0.778. The summed E-state index contributed by atoms with van der Waals surface area (Å²) in [5.41, 5.74) is 8.86. The molecule has 0 radical (unpaired) electrons. The smallest absolute Gasteiger partial charge is 0.257 e. The van der Waals surface area contributed by atoms with E-state index in [9.17, 15) is 4.79 Å². The van der Waals surface area contributed by atoms with Gasteiger partial charge < -0.3 is 16.0 Å². The van der Waals surface area contributed by atoms with E-state index in [0.717, 1.165) is 43.5 Å². The number of nitrogens with zero attached hydrogens (tertiary/aromatic N) is 2. The first-order valence-electron chi connectivity index (χ1n) is 9.42. The molecule has 160 valence electrons. The van der Waals surface area contributed by atoms with Crippen molar-refractivity contribution in [2.24, 2.45) is 5.92 Å². The number of piperazine rings is 1. The largest absolute Gasteiger partial charge is 0.398 e. The van der Waals surface area contributed by atoms with E-state index in [0.29, 0.717) is 11.3 Å². The first-order chi connectivity index (χ1) is 12.7. The predicted octanol–water partition coefficient (Wildman–Crippen LogP) is 4.32. The van der Waals surface area contributed by atoms with Crippen LogP contribution in [-0.2, 0) is 0 Å². The van der Waals surface area contributed by atoms with E-state index in [4.69, 9.17) is 5.73 Å². The molecule has 0 aromatic heterocycles. The van der Waals surface area contributed by atoms with E-state index in [2.05, 4.69) is 21.2 Å². The van der Waals surface area contributed by atoms with Crippen molar-refractivity contribution >= 4 is 60.2 Å². The van der Waals surface area contributed by atoms with E-state index in [1.807, 2.05) is 30.3 Å². The van der Waals surface area contributed by atoms with Crippen molar-refractivity contribution in [3.05, 3.63) is 54.1 Å². The predicted molar refractivity (Wildman–Crippen MR) is 128 cm³/mol. The van der Waals surface area contributed by atoms with Crippen molar-refractivity contribution in [1.82, 2.24) is 4.90 Å². The van der Waals surface area contributed by atoms with Crippen LogP contribution in [0.4, 0.5) is 17.1 Å². The third-order valence-corrected chi connectivity index (χ3v) is 5.26. The quantitative estimate of drug-likeness (QED) is 0.654.